The van der Waals surface area contributed by atoms with E-state index in [1.54, 1.807) is 12.1 Å². The molecule has 4 heteroatoms. The van der Waals surface area contributed by atoms with Gasteiger partial charge in [0, 0.05) is 6.61 Å². The van der Waals surface area contributed by atoms with E-state index in [9.17, 15) is 4.79 Å². The van der Waals surface area contributed by atoms with Gasteiger partial charge >= 0.3 is 5.97 Å². The quantitative estimate of drug-likeness (QED) is 0.334. The summed E-state index contributed by atoms with van der Waals surface area (Å²) in [4.78, 5) is 12.0. The van der Waals surface area contributed by atoms with Crippen molar-refractivity contribution in [1.29, 1.82) is 0 Å². The largest absolute Gasteiger partial charge is 0.462 e. The van der Waals surface area contributed by atoms with Crippen LogP contribution in [-0.4, -0.2) is 27.5 Å². The predicted molar refractivity (Wildman–Crippen MR) is 117 cm³/mol. The standard InChI is InChI=1S/C23H40O3Si/c1-18(15-20(3)17-26-27(7,8)23(4,5)6)14-19(2)16-25-22(24)21-12-10-9-11-13-21/h9-13,18-20H,14-17H2,1-8H3/t18-,19+,20-/m0/s1. The Labute approximate surface area is 168 Å². The highest BCUT2D eigenvalue weighted by atomic mass is 28.4. The SMILES string of the molecule is C[C@H](C[C@H](C)CO[Si](C)(C)C(C)(C)C)C[C@@H](C)COC(=O)c1ccccc1. The van der Waals surface area contributed by atoms with Crippen LogP contribution >= 0.6 is 0 Å². The topological polar surface area (TPSA) is 35.5 Å². The maximum atomic E-state index is 12.0. The van der Waals surface area contributed by atoms with Gasteiger partial charge in [0.1, 0.15) is 0 Å². The van der Waals surface area contributed by atoms with Crippen molar-refractivity contribution in [2.24, 2.45) is 17.8 Å². The molecule has 0 spiro atoms. The summed E-state index contributed by atoms with van der Waals surface area (Å²) in [6, 6.07) is 9.20. The van der Waals surface area contributed by atoms with E-state index in [4.69, 9.17) is 9.16 Å². The monoisotopic (exact) mass is 392 g/mol. The maximum absolute atomic E-state index is 12.0. The second-order valence-electron chi connectivity index (χ2n) is 9.82. The Morgan fingerprint density at radius 1 is 0.926 bits per heavy atom. The number of hydrogen-bond donors (Lipinski definition) is 0. The van der Waals surface area contributed by atoms with E-state index in [2.05, 4.69) is 54.6 Å². The van der Waals surface area contributed by atoms with Crippen LogP contribution < -0.4 is 0 Å². The zero-order valence-electron chi connectivity index (χ0n) is 18.7. The molecule has 0 aromatic heterocycles. The fourth-order valence-corrected chi connectivity index (χ4v) is 4.18. The number of carbonyl (C=O) groups is 1. The van der Waals surface area contributed by atoms with E-state index >= 15 is 0 Å². The second kappa shape index (κ2) is 10.4. The van der Waals surface area contributed by atoms with Crippen LogP contribution in [0.1, 0.15) is 64.7 Å². The van der Waals surface area contributed by atoms with E-state index in [0.717, 1.165) is 19.4 Å². The molecule has 1 aromatic carbocycles. The molecule has 0 unspecified atom stereocenters. The van der Waals surface area contributed by atoms with Gasteiger partial charge in [-0.2, -0.15) is 0 Å². The highest BCUT2D eigenvalue weighted by molar-refractivity contribution is 6.74. The molecule has 0 bridgehead atoms. The molecule has 3 atom stereocenters. The van der Waals surface area contributed by atoms with Gasteiger partial charge < -0.3 is 9.16 Å². The smallest absolute Gasteiger partial charge is 0.338 e. The number of ether oxygens (including phenoxy) is 1. The summed E-state index contributed by atoms with van der Waals surface area (Å²) in [6.45, 7) is 19.5. The Morgan fingerprint density at radius 2 is 1.44 bits per heavy atom. The molecule has 0 aliphatic heterocycles. The number of hydrogen-bond acceptors (Lipinski definition) is 3. The van der Waals surface area contributed by atoms with E-state index in [-0.39, 0.29) is 11.0 Å². The van der Waals surface area contributed by atoms with Gasteiger partial charge in [-0.25, -0.2) is 4.79 Å². The summed E-state index contributed by atoms with van der Waals surface area (Å²) >= 11 is 0. The summed E-state index contributed by atoms with van der Waals surface area (Å²) < 4.78 is 11.8. The van der Waals surface area contributed by atoms with Crippen molar-refractivity contribution in [1.82, 2.24) is 0 Å². The molecule has 0 aliphatic carbocycles. The van der Waals surface area contributed by atoms with Gasteiger partial charge in [0.2, 0.25) is 0 Å². The van der Waals surface area contributed by atoms with Gasteiger partial charge in [-0.1, -0.05) is 59.7 Å². The van der Waals surface area contributed by atoms with E-state index in [1.807, 2.05) is 18.2 Å². The van der Waals surface area contributed by atoms with Crippen LogP contribution in [-0.2, 0) is 9.16 Å². The van der Waals surface area contributed by atoms with Gasteiger partial charge in [-0.3, -0.25) is 0 Å². The van der Waals surface area contributed by atoms with Crippen LogP contribution in [0, 0.1) is 17.8 Å². The van der Waals surface area contributed by atoms with Crippen LogP contribution in [0.25, 0.3) is 0 Å². The molecule has 0 radical (unpaired) electrons. The van der Waals surface area contributed by atoms with Crippen LogP contribution in [0.4, 0.5) is 0 Å². The van der Waals surface area contributed by atoms with Crippen molar-refractivity contribution in [3.8, 4) is 0 Å². The molecule has 1 aromatic rings. The van der Waals surface area contributed by atoms with Gasteiger partial charge in [0.25, 0.3) is 0 Å². The van der Waals surface area contributed by atoms with E-state index < -0.39 is 8.32 Å². The summed E-state index contributed by atoms with van der Waals surface area (Å²) in [5.74, 6) is 1.27. The number of rotatable bonds is 10. The Morgan fingerprint density at radius 3 is 1.96 bits per heavy atom. The Hall–Kier alpha value is -1.13. The first-order valence-corrected chi connectivity index (χ1v) is 13.2. The Kier molecular flexibility index (Phi) is 9.23. The molecule has 0 saturated carbocycles. The lowest BCUT2D eigenvalue weighted by molar-refractivity contribution is 0.0431. The summed E-state index contributed by atoms with van der Waals surface area (Å²) in [7, 11) is -1.67. The molecule has 0 fully saturated rings. The molecule has 27 heavy (non-hydrogen) atoms. The molecule has 0 saturated heterocycles. The molecule has 1 rings (SSSR count). The van der Waals surface area contributed by atoms with Gasteiger partial charge in [0.15, 0.2) is 8.32 Å². The van der Waals surface area contributed by atoms with Crippen molar-refractivity contribution < 1.29 is 14.0 Å². The minimum atomic E-state index is -1.67. The minimum absolute atomic E-state index is 0.230. The fourth-order valence-electron chi connectivity index (χ4n) is 3.05. The summed E-state index contributed by atoms with van der Waals surface area (Å²) in [6.07, 6.45) is 2.21. The average molecular weight is 393 g/mol. The van der Waals surface area contributed by atoms with Crippen LogP contribution in [0.5, 0.6) is 0 Å². The molecule has 0 aliphatic rings. The fraction of sp³-hybridized carbons (Fsp3) is 0.696. The summed E-state index contributed by atoms with van der Waals surface area (Å²) in [5.41, 5.74) is 0.620. The Balaban J connectivity index is 2.32. The molecule has 0 heterocycles. The Bertz CT molecular complexity index is 563. The molecule has 0 N–H and O–H groups in total. The van der Waals surface area contributed by atoms with E-state index in [0.29, 0.717) is 29.9 Å². The van der Waals surface area contributed by atoms with Crippen molar-refractivity contribution in [2.45, 2.75) is 72.5 Å². The highest BCUT2D eigenvalue weighted by Gasteiger charge is 2.37. The molecule has 154 valence electrons. The number of esters is 1. The average Bonchev–Trinajstić information content (AvgIpc) is 2.57. The van der Waals surface area contributed by atoms with Crippen molar-refractivity contribution in [2.75, 3.05) is 13.2 Å². The van der Waals surface area contributed by atoms with Gasteiger partial charge in [0.05, 0.1) is 12.2 Å². The van der Waals surface area contributed by atoms with Crippen molar-refractivity contribution >= 4 is 14.3 Å². The molecule has 3 nitrogen and oxygen atoms in total. The molecular weight excluding hydrogens is 352 g/mol. The van der Waals surface area contributed by atoms with Crippen molar-refractivity contribution in [3.63, 3.8) is 0 Å². The number of carbonyl (C=O) groups excluding carboxylic acids is 1. The van der Waals surface area contributed by atoms with E-state index in [1.165, 1.54) is 0 Å². The van der Waals surface area contributed by atoms with Crippen LogP contribution in [0.15, 0.2) is 30.3 Å². The lowest BCUT2D eigenvalue weighted by Crippen LogP contribution is -2.41. The zero-order valence-corrected chi connectivity index (χ0v) is 19.7. The summed E-state index contributed by atoms with van der Waals surface area (Å²) in [5, 5.41) is 0.259. The lowest BCUT2D eigenvalue weighted by Gasteiger charge is -2.37. The van der Waals surface area contributed by atoms with Gasteiger partial charge in [-0.15, -0.1) is 0 Å². The molecular formula is C23H40O3Si. The third kappa shape index (κ3) is 8.61. The minimum Gasteiger partial charge on any atom is -0.462 e. The highest BCUT2D eigenvalue weighted by Crippen LogP contribution is 2.37. The predicted octanol–water partition coefficient (Wildman–Crippen LogP) is 6.55. The lowest BCUT2D eigenvalue weighted by atomic mass is 9.90. The third-order valence-electron chi connectivity index (χ3n) is 5.65. The first-order chi connectivity index (χ1) is 12.4. The number of benzene rings is 1. The second-order valence-corrected chi connectivity index (χ2v) is 14.6. The van der Waals surface area contributed by atoms with Crippen LogP contribution in [0.3, 0.4) is 0 Å². The first-order valence-electron chi connectivity index (χ1n) is 10.3. The van der Waals surface area contributed by atoms with Crippen molar-refractivity contribution in [3.05, 3.63) is 35.9 Å². The first kappa shape index (κ1) is 23.9. The normalized spacial score (nSPS) is 15.9. The maximum Gasteiger partial charge on any atom is 0.338 e. The molecule has 0 amide bonds. The third-order valence-corrected chi connectivity index (χ3v) is 10.2. The van der Waals surface area contributed by atoms with Crippen LogP contribution in [0.2, 0.25) is 18.1 Å². The zero-order chi connectivity index (χ0) is 20.7. The van der Waals surface area contributed by atoms with Gasteiger partial charge in [-0.05, 0) is 60.9 Å².